The van der Waals surface area contributed by atoms with E-state index in [1.54, 1.807) is 14.0 Å². The maximum atomic E-state index is 12.8. The van der Waals surface area contributed by atoms with Crippen molar-refractivity contribution in [3.05, 3.63) is 52.0 Å². The van der Waals surface area contributed by atoms with Gasteiger partial charge in [0.2, 0.25) is 0 Å². The number of nitrogens with zero attached hydrogens (tertiary/aromatic N) is 3. The molecule has 1 N–H and O–H groups in total. The first-order chi connectivity index (χ1) is 12.4. The van der Waals surface area contributed by atoms with E-state index in [1.807, 2.05) is 50.2 Å². The molecule has 2 aromatic rings. The van der Waals surface area contributed by atoms with Crippen LogP contribution in [0.3, 0.4) is 0 Å². The number of benzene rings is 2. The molecule has 134 valence electrons. The van der Waals surface area contributed by atoms with Crippen LogP contribution in [-0.2, 0) is 4.79 Å². The number of carbonyl (C=O) groups is 1. The molecule has 7 heteroatoms. The van der Waals surface area contributed by atoms with Crippen molar-refractivity contribution in [3.63, 3.8) is 0 Å². The molecule has 1 aliphatic rings. The van der Waals surface area contributed by atoms with Gasteiger partial charge >= 0.3 is 5.91 Å². The van der Waals surface area contributed by atoms with Gasteiger partial charge in [0.15, 0.2) is 11.5 Å². The summed E-state index contributed by atoms with van der Waals surface area (Å²) in [6.07, 6.45) is 0. The Bertz CT molecular complexity index is 937. The fourth-order valence-corrected chi connectivity index (χ4v) is 3.11. The van der Waals surface area contributed by atoms with Crippen molar-refractivity contribution in [1.29, 1.82) is 0 Å². The summed E-state index contributed by atoms with van der Waals surface area (Å²) in [7, 11) is 1.58. The number of rotatable bonds is 4. The minimum absolute atomic E-state index is 0.269. The SMILES string of the molecule is COc1c(Br)cccc1N/N=C1\C(=O)N(c2ccc(C)c(C)c2)N=C1C. The highest BCUT2D eigenvalue weighted by molar-refractivity contribution is 9.10. The number of hydrogen-bond donors (Lipinski definition) is 1. The van der Waals surface area contributed by atoms with Gasteiger partial charge in [-0.05, 0) is 72.1 Å². The largest absolute Gasteiger partial charge is 0.493 e. The van der Waals surface area contributed by atoms with Crippen molar-refractivity contribution in [2.45, 2.75) is 20.8 Å². The lowest BCUT2D eigenvalue weighted by Crippen LogP contribution is -2.28. The summed E-state index contributed by atoms with van der Waals surface area (Å²) in [5.41, 5.74) is 7.37. The van der Waals surface area contributed by atoms with Crippen LogP contribution in [0, 0.1) is 13.8 Å². The summed E-state index contributed by atoms with van der Waals surface area (Å²) in [5, 5.41) is 9.99. The molecule has 6 nitrogen and oxygen atoms in total. The molecule has 26 heavy (non-hydrogen) atoms. The van der Waals surface area contributed by atoms with E-state index >= 15 is 0 Å². The molecule has 1 amide bonds. The van der Waals surface area contributed by atoms with E-state index < -0.39 is 0 Å². The second-order valence-corrected chi connectivity index (χ2v) is 6.82. The molecule has 0 fully saturated rings. The highest BCUT2D eigenvalue weighted by atomic mass is 79.9. The highest BCUT2D eigenvalue weighted by Crippen LogP contribution is 2.33. The van der Waals surface area contributed by atoms with Crippen LogP contribution < -0.4 is 15.2 Å². The van der Waals surface area contributed by atoms with E-state index in [0.29, 0.717) is 17.1 Å². The Kier molecular flexibility index (Phi) is 5.08. The topological polar surface area (TPSA) is 66.3 Å². The lowest BCUT2D eigenvalue weighted by atomic mass is 10.1. The summed E-state index contributed by atoms with van der Waals surface area (Å²) in [4.78, 5) is 12.8. The van der Waals surface area contributed by atoms with Gasteiger partial charge in [-0.1, -0.05) is 12.1 Å². The van der Waals surface area contributed by atoms with E-state index in [2.05, 4.69) is 31.6 Å². The van der Waals surface area contributed by atoms with Crippen LogP contribution in [-0.4, -0.2) is 24.4 Å². The normalized spacial score (nSPS) is 15.4. The zero-order valence-corrected chi connectivity index (χ0v) is 16.6. The van der Waals surface area contributed by atoms with Gasteiger partial charge in [0.1, 0.15) is 0 Å². The molecule has 2 aromatic carbocycles. The molecule has 0 aliphatic carbocycles. The first kappa shape index (κ1) is 18.1. The fraction of sp³-hybridized carbons (Fsp3) is 0.211. The summed E-state index contributed by atoms with van der Waals surface area (Å²) in [6.45, 7) is 5.80. The van der Waals surface area contributed by atoms with E-state index in [1.165, 1.54) is 10.6 Å². The van der Waals surface area contributed by atoms with Crippen molar-refractivity contribution in [1.82, 2.24) is 0 Å². The van der Waals surface area contributed by atoms with E-state index in [4.69, 9.17) is 4.74 Å². The van der Waals surface area contributed by atoms with Gasteiger partial charge in [-0.3, -0.25) is 10.2 Å². The standard InChI is InChI=1S/C19H19BrN4O2/c1-11-8-9-14(10-12(11)2)24-19(25)17(13(3)23-24)22-21-16-7-5-6-15(20)18(16)26-4/h5-10,21H,1-4H3/b22-17-. The minimum atomic E-state index is -0.271. The number of ether oxygens (including phenoxy) is 1. The predicted octanol–water partition coefficient (Wildman–Crippen LogP) is 4.27. The van der Waals surface area contributed by atoms with Gasteiger partial charge in [0.25, 0.3) is 0 Å². The molecule has 1 aliphatic heterocycles. The third kappa shape index (κ3) is 3.35. The number of carbonyl (C=O) groups excluding carboxylic acids is 1. The average molecular weight is 415 g/mol. The first-order valence-corrected chi connectivity index (χ1v) is 8.85. The maximum absolute atomic E-state index is 12.8. The van der Waals surface area contributed by atoms with Gasteiger partial charge < -0.3 is 4.74 Å². The number of halogens is 1. The summed E-state index contributed by atoms with van der Waals surface area (Å²) in [6, 6.07) is 11.3. The molecule has 0 saturated carbocycles. The molecule has 0 saturated heterocycles. The van der Waals surface area contributed by atoms with Crippen LogP contribution in [0.25, 0.3) is 0 Å². The van der Waals surface area contributed by atoms with Crippen LogP contribution >= 0.6 is 15.9 Å². The fourth-order valence-electron chi connectivity index (χ4n) is 2.58. The van der Waals surface area contributed by atoms with Crippen LogP contribution in [0.4, 0.5) is 11.4 Å². The highest BCUT2D eigenvalue weighted by Gasteiger charge is 2.31. The van der Waals surface area contributed by atoms with Crippen LogP contribution in [0.2, 0.25) is 0 Å². The van der Waals surface area contributed by atoms with Crippen molar-refractivity contribution < 1.29 is 9.53 Å². The molecule has 1 heterocycles. The zero-order chi connectivity index (χ0) is 18.8. The molecular formula is C19H19BrN4O2. The summed E-state index contributed by atoms with van der Waals surface area (Å²) < 4.78 is 6.15. The average Bonchev–Trinajstić information content (AvgIpc) is 2.90. The Balaban J connectivity index is 1.87. The quantitative estimate of drug-likeness (QED) is 0.759. The Morgan fingerprint density at radius 3 is 2.62 bits per heavy atom. The van der Waals surface area contributed by atoms with Crippen molar-refractivity contribution in [2.75, 3.05) is 17.5 Å². The number of hydrazone groups is 2. The lowest BCUT2D eigenvalue weighted by Gasteiger charge is -2.13. The first-order valence-electron chi connectivity index (χ1n) is 8.06. The molecule has 0 aromatic heterocycles. The molecule has 0 spiro atoms. The van der Waals surface area contributed by atoms with Crippen molar-refractivity contribution >= 4 is 44.6 Å². The van der Waals surface area contributed by atoms with Gasteiger partial charge in [-0.25, -0.2) is 0 Å². The molecular weight excluding hydrogens is 396 g/mol. The number of amides is 1. The number of anilines is 2. The van der Waals surface area contributed by atoms with Crippen LogP contribution in [0.5, 0.6) is 5.75 Å². The second-order valence-electron chi connectivity index (χ2n) is 5.96. The number of para-hydroxylation sites is 1. The van der Waals surface area contributed by atoms with E-state index in [9.17, 15) is 4.79 Å². The Morgan fingerprint density at radius 1 is 1.15 bits per heavy atom. The van der Waals surface area contributed by atoms with Crippen molar-refractivity contribution in [3.8, 4) is 5.75 Å². The molecule has 0 unspecified atom stereocenters. The van der Waals surface area contributed by atoms with Crippen LogP contribution in [0.1, 0.15) is 18.1 Å². The molecule has 3 rings (SSSR count). The number of nitrogens with one attached hydrogen (secondary N) is 1. The lowest BCUT2D eigenvalue weighted by molar-refractivity contribution is -0.112. The summed E-state index contributed by atoms with van der Waals surface area (Å²) >= 11 is 3.42. The Morgan fingerprint density at radius 2 is 1.92 bits per heavy atom. The molecule has 0 bridgehead atoms. The number of aryl methyl sites for hydroxylation is 2. The predicted molar refractivity (Wildman–Crippen MR) is 108 cm³/mol. The minimum Gasteiger partial charge on any atom is -0.493 e. The van der Waals surface area contributed by atoms with Gasteiger partial charge in [0.05, 0.1) is 28.7 Å². The van der Waals surface area contributed by atoms with Gasteiger partial charge in [-0.2, -0.15) is 15.2 Å². The van der Waals surface area contributed by atoms with Gasteiger partial charge in [-0.15, -0.1) is 0 Å². The summed E-state index contributed by atoms with van der Waals surface area (Å²) in [5.74, 6) is 0.343. The monoisotopic (exact) mass is 414 g/mol. The molecule has 0 radical (unpaired) electrons. The van der Waals surface area contributed by atoms with E-state index in [-0.39, 0.29) is 11.6 Å². The second kappa shape index (κ2) is 7.29. The third-order valence-corrected chi connectivity index (χ3v) is 4.81. The van der Waals surface area contributed by atoms with Gasteiger partial charge in [0, 0.05) is 0 Å². The maximum Gasteiger partial charge on any atom is 0.301 e. The smallest absolute Gasteiger partial charge is 0.301 e. The Hall–Kier alpha value is -2.67. The van der Waals surface area contributed by atoms with Crippen LogP contribution in [0.15, 0.2) is 51.1 Å². The Labute approximate surface area is 160 Å². The number of methoxy groups -OCH3 is 1. The zero-order valence-electron chi connectivity index (χ0n) is 15.0. The molecule has 0 atom stereocenters. The van der Waals surface area contributed by atoms with Crippen molar-refractivity contribution in [2.24, 2.45) is 10.2 Å². The van der Waals surface area contributed by atoms with E-state index in [0.717, 1.165) is 15.7 Å². The number of hydrogen-bond acceptors (Lipinski definition) is 5. The third-order valence-electron chi connectivity index (χ3n) is 4.18.